The molecular weight excluding hydrogens is 404 g/mol. The zero-order valence-corrected chi connectivity index (χ0v) is 17.2. The number of rotatable bonds is 9. The third-order valence-electron chi connectivity index (χ3n) is 3.95. The van der Waals surface area contributed by atoms with E-state index in [0.717, 1.165) is 28.8 Å². The van der Waals surface area contributed by atoms with Crippen LogP contribution in [0, 0.1) is 0 Å². The number of carbonyl (C=O) groups is 1. The van der Waals surface area contributed by atoms with Gasteiger partial charge in [-0.25, -0.2) is 13.4 Å². The first-order valence-corrected chi connectivity index (χ1v) is 11.1. The van der Waals surface area contributed by atoms with Gasteiger partial charge in [-0.05, 0) is 0 Å². The SMILES string of the molecule is CS(=O)(=O)NC(=O)COCCNc1cnc(-c2ccccc2)c(-c2ccccc2)n1. The maximum atomic E-state index is 11.4. The number of hydrogen-bond acceptors (Lipinski definition) is 7. The smallest absolute Gasteiger partial charge is 0.259 e. The first-order valence-electron chi connectivity index (χ1n) is 9.22. The van der Waals surface area contributed by atoms with Gasteiger partial charge in [-0.15, -0.1) is 0 Å². The highest BCUT2D eigenvalue weighted by molar-refractivity contribution is 7.89. The third-order valence-corrected chi connectivity index (χ3v) is 4.55. The molecule has 1 aromatic heterocycles. The van der Waals surface area contributed by atoms with Gasteiger partial charge in [-0.1, -0.05) is 60.7 Å². The summed E-state index contributed by atoms with van der Waals surface area (Å²) in [6.07, 6.45) is 2.56. The van der Waals surface area contributed by atoms with Crippen molar-refractivity contribution in [1.82, 2.24) is 14.7 Å². The molecule has 0 atom stereocenters. The third kappa shape index (κ3) is 6.36. The topological polar surface area (TPSA) is 110 Å². The van der Waals surface area contributed by atoms with Crippen LogP contribution in [0.15, 0.2) is 66.9 Å². The number of amides is 1. The van der Waals surface area contributed by atoms with Crippen molar-refractivity contribution in [3.63, 3.8) is 0 Å². The summed E-state index contributed by atoms with van der Waals surface area (Å²) in [6.45, 7) is 0.225. The molecule has 2 aromatic carbocycles. The average molecular weight is 426 g/mol. The Balaban J connectivity index is 1.66. The number of sulfonamides is 1. The van der Waals surface area contributed by atoms with E-state index in [2.05, 4.69) is 10.3 Å². The van der Waals surface area contributed by atoms with Gasteiger partial charge in [0.1, 0.15) is 12.4 Å². The second-order valence-electron chi connectivity index (χ2n) is 6.46. The van der Waals surface area contributed by atoms with Gasteiger partial charge in [0.15, 0.2) is 0 Å². The van der Waals surface area contributed by atoms with Crippen molar-refractivity contribution < 1.29 is 17.9 Å². The molecule has 3 rings (SSSR count). The number of nitrogens with zero attached hydrogens (tertiary/aromatic N) is 2. The molecule has 30 heavy (non-hydrogen) atoms. The minimum absolute atomic E-state index is 0.194. The maximum Gasteiger partial charge on any atom is 0.259 e. The largest absolute Gasteiger partial charge is 0.370 e. The fourth-order valence-electron chi connectivity index (χ4n) is 2.73. The fourth-order valence-corrected chi connectivity index (χ4v) is 3.20. The van der Waals surface area contributed by atoms with E-state index in [1.54, 1.807) is 6.20 Å². The summed E-state index contributed by atoms with van der Waals surface area (Å²) < 4.78 is 29.0. The molecule has 0 aliphatic heterocycles. The Labute approximate surface area is 175 Å². The van der Waals surface area contributed by atoms with Crippen LogP contribution in [0.3, 0.4) is 0 Å². The maximum absolute atomic E-state index is 11.4. The van der Waals surface area contributed by atoms with Crippen molar-refractivity contribution in [2.24, 2.45) is 0 Å². The Morgan fingerprint density at radius 2 is 1.57 bits per heavy atom. The molecule has 0 bridgehead atoms. The minimum Gasteiger partial charge on any atom is -0.370 e. The highest BCUT2D eigenvalue weighted by Crippen LogP contribution is 2.29. The van der Waals surface area contributed by atoms with E-state index in [4.69, 9.17) is 9.72 Å². The summed E-state index contributed by atoms with van der Waals surface area (Å²) in [5.41, 5.74) is 3.44. The Hall–Kier alpha value is -3.30. The molecule has 0 saturated heterocycles. The van der Waals surface area contributed by atoms with E-state index in [9.17, 15) is 13.2 Å². The van der Waals surface area contributed by atoms with Crippen molar-refractivity contribution >= 4 is 21.7 Å². The number of nitrogens with one attached hydrogen (secondary N) is 2. The van der Waals surface area contributed by atoms with Gasteiger partial charge in [0.25, 0.3) is 5.91 Å². The van der Waals surface area contributed by atoms with Gasteiger partial charge >= 0.3 is 0 Å². The van der Waals surface area contributed by atoms with Crippen LogP contribution in [0.5, 0.6) is 0 Å². The quantitative estimate of drug-likeness (QED) is 0.505. The molecule has 1 heterocycles. The van der Waals surface area contributed by atoms with Crippen LogP contribution in [0.25, 0.3) is 22.5 Å². The van der Waals surface area contributed by atoms with Crippen LogP contribution in [0.2, 0.25) is 0 Å². The standard InChI is InChI=1S/C21H22N4O4S/c1-30(27,28)25-19(26)15-29-13-12-22-18-14-23-20(16-8-4-2-5-9-16)21(24-18)17-10-6-3-7-11-17/h2-11,14H,12-13,15H2,1H3,(H,22,24)(H,25,26). The summed E-state index contributed by atoms with van der Waals surface area (Å²) in [4.78, 5) is 20.7. The van der Waals surface area contributed by atoms with Crippen molar-refractivity contribution in [2.75, 3.05) is 31.3 Å². The first-order chi connectivity index (χ1) is 14.4. The average Bonchev–Trinajstić information content (AvgIpc) is 2.73. The van der Waals surface area contributed by atoms with Crippen LogP contribution < -0.4 is 10.0 Å². The molecule has 0 saturated carbocycles. The van der Waals surface area contributed by atoms with E-state index in [1.807, 2.05) is 65.4 Å². The highest BCUT2D eigenvalue weighted by Gasteiger charge is 2.12. The number of aromatic nitrogens is 2. The molecule has 1 amide bonds. The van der Waals surface area contributed by atoms with Gasteiger partial charge in [-0.2, -0.15) is 0 Å². The lowest BCUT2D eigenvalue weighted by Crippen LogP contribution is -2.33. The summed E-state index contributed by atoms with van der Waals surface area (Å²) >= 11 is 0. The van der Waals surface area contributed by atoms with Gasteiger partial charge in [-0.3, -0.25) is 14.5 Å². The lowest BCUT2D eigenvalue weighted by Gasteiger charge is -2.12. The zero-order chi connectivity index (χ0) is 21.4. The van der Waals surface area contributed by atoms with Gasteiger partial charge in [0, 0.05) is 17.7 Å². The minimum atomic E-state index is -3.58. The summed E-state index contributed by atoms with van der Waals surface area (Å²) in [6, 6.07) is 19.6. The van der Waals surface area contributed by atoms with E-state index < -0.39 is 15.9 Å². The fraction of sp³-hybridized carbons (Fsp3) is 0.190. The number of ether oxygens (including phenoxy) is 1. The summed E-state index contributed by atoms with van der Waals surface area (Å²) in [5.74, 6) is -0.145. The van der Waals surface area contributed by atoms with Crippen molar-refractivity contribution in [1.29, 1.82) is 0 Å². The molecule has 0 spiro atoms. The number of hydrogen-bond donors (Lipinski definition) is 2. The molecule has 0 aliphatic carbocycles. The second-order valence-corrected chi connectivity index (χ2v) is 8.21. The van der Waals surface area contributed by atoms with Crippen molar-refractivity contribution in [2.45, 2.75) is 0 Å². The predicted octanol–water partition coefficient (Wildman–Crippen LogP) is 2.31. The Bertz CT molecular complexity index is 1090. The number of benzene rings is 2. The van der Waals surface area contributed by atoms with Crippen LogP contribution in [-0.2, 0) is 19.6 Å². The molecule has 156 valence electrons. The van der Waals surface area contributed by atoms with E-state index in [-0.39, 0.29) is 13.2 Å². The lowest BCUT2D eigenvalue weighted by atomic mass is 10.0. The molecular formula is C21H22N4O4S. The Morgan fingerprint density at radius 1 is 0.967 bits per heavy atom. The predicted molar refractivity (Wildman–Crippen MR) is 115 cm³/mol. The van der Waals surface area contributed by atoms with E-state index in [0.29, 0.717) is 12.4 Å². The summed E-state index contributed by atoms with van der Waals surface area (Å²) in [5, 5.41) is 3.11. The first kappa shape index (κ1) is 21.4. The van der Waals surface area contributed by atoms with Crippen LogP contribution in [-0.4, -0.2) is 50.3 Å². The van der Waals surface area contributed by atoms with Gasteiger partial charge in [0.05, 0.1) is 30.4 Å². The Kier molecular flexibility index (Phi) is 7.10. The molecule has 3 aromatic rings. The second kappa shape index (κ2) is 9.95. The molecule has 0 aliphatic rings. The van der Waals surface area contributed by atoms with Gasteiger partial charge < -0.3 is 10.1 Å². The number of carbonyl (C=O) groups excluding carboxylic acids is 1. The van der Waals surface area contributed by atoms with Crippen LogP contribution >= 0.6 is 0 Å². The van der Waals surface area contributed by atoms with Gasteiger partial charge in [0.2, 0.25) is 10.0 Å². The van der Waals surface area contributed by atoms with Crippen molar-refractivity contribution in [3.8, 4) is 22.5 Å². The molecule has 2 N–H and O–H groups in total. The van der Waals surface area contributed by atoms with Crippen LogP contribution in [0.4, 0.5) is 5.82 Å². The molecule has 0 radical (unpaired) electrons. The van der Waals surface area contributed by atoms with E-state index in [1.165, 1.54) is 0 Å². The number of anilines is 1. The molecule has 8 nitrogen and oxygen atoms in total. The Morgan fingerprint density at radius 3 is 2.17 bits per heavy atom. The lowest BCUT2D eigenvalue weighted by molar-refractivity contribution is -0.123. The molecule has 0 fully saturated rings. The monoisotopic (exact) mass is 426 g/mol. The normalized spacial score (nSPS) is 11.1. The van der Waals surface area contributed by atoms with E-state index >= 15 is 0 Å². The zero-order valence-electron chi connectivity index (χ0n) is 16.4. The van der Waals surface area contributed by atoms with Crippen LogP contribution in [0.1, 0.15) is 0 Å². The highest BCUT2D eigenvalue weighted by atomic mass is 32.2. The molecule has 9 heteroatoms. The molecule has 0 unspecified atom stereocenters. The summed E-state index contributed by atoms with van der Waals surface area (Å²) in [7, 11) is -3.58. The van der Waals surface area contributed by atoms with Crippen molar-refractivity contribution in [3.05, 3.63) is 66.9 Å².